The maximum Gasteiger partial charge on any atom is 0.261 e. The fourth-order valence-corrected chi connectivity index (χ4v) is 5.26. The van der Waals surface area contributed by atoms with Crippen LogP contribution in [0.3, 0.4) is 0 Å². The van der Waals surface area contributed by atoms with E-state index in [1.54, 1.807) is 12.3 Å². The Morgan fingerprint density at radius 1 is 1.16 bits per heavy atom. The number of pyridine rings is 1. The predicted octanol–water partition coefficient (Wildman–Crippen LogP) is 3.25. The predicted molar refractivity (Wildman–Crippen MR) is 150 cm³/mol. The normalized spacial score (nSPS) is 15.3. The van der Waals surface area contributed by atoms with Crippen LogP contribution in [-0.2, 0) is 0 Å². The van der Waals surface area contributed by atoms with Crippen molar-refractivity contribution in [1.29, 1.82) is 0 Å². The number of hydrogen-bond acceptors (Lipinski definition) is 7. The molecule has 2 aromatic carbocycles. The largest absolute Gasteiger partial charge is 0.395 e. The number of aliphatic hydroxyl groups is 2. The zero-order valence-corrected chi connectivity index (χ0v) is 22.3. The Hall–Kier alpha value is -3.18. The molecule has 194 valence electrons. The molecular formula is C27H31BrN6O3. The van der Waals surface area contributed by atoms with Gasteiger partial charge in [-0.2, -0.15) is 0 Å². The van der Waals surface area contributed by atoms with Gasteiger partial charge in [0, 0.05) is 55.6 Å². The van der Waals surface area contributed by atoms with Crippen molar-refractivity contribution in [2.75, 3.05) is 56.1 Å². The molecule has 1 fully saturated rings. The second-order valence-electron chi connectivity index (χ2n) is 9.34. The molecule has 0 amide bonds. The number of halogens is 1. The summed E-state index contributed by atoms with van der Waals surface area (Å²) < 4.78 is 0.893. The average molecular weight is 567 g/mol. The second-order valence-corrected chi connectivity index (χ2v) is 10.3. The van der Waals surface area contributed by atoms with E-state index in [1.807, 2.05) is 31.2 Å². The maximum atomic E-state index is 12.9. The summed E-state index contributed by atoms with van der Waals surface area (Å²) in [5, 5.41) is 23.1. The number of β-amino-alcohol motifs (C(OH)–C–C–N with tert-alkyl or cyclic N) is 1. The molecule has 1 saturated heterocycles. The third-order valence-electron chi connectivity index (χ3n) is 6.83. The van der Waals surface area contributed by atoms with Gasteiger partial charge in [-0.15, -0.1) is 0 Å². The molecule has 1 aliphatic rings. The van der Waals surface area contributed by atoms with Crippen LogP contribution in [0.5, 0.6) is 0 Å². The van der Waals surface area contributed by atoms with E-state index in [9.17, 15) is 15.0 Å². The van der Waals surface area contributed by atoms with Crippen molar-refractivity contribution in [2.45, 2.75) is 13.0 Å². The van der Waals surface area contributed by atoms with Gasteiger partial charge in [0.05, 0.1) is 29.4 Å². The second kappa shape index (κ2) is 11.1. The molecule has 10 heteroatoms. The lowest BCUT2D eigenvalue weighted by Gasteiger charge is -2.35. The van der Waals surface area contributed by atoms with E-state index >= 15 is 0 Å². The number of aryl methyl sites for hydroxylation is 1. The van der Waals surface area contributed by atoms with E-state index in [1.165, 1.54) is 0 Å². The van der Waals surface area contributed by atoms with E-state index in [2.05, 4.69) is 53.1 Å². The van der Waals surface area contributed by atoms with Gasteiger partial charge in [0.15, 0.2) is 0 Å². The summed E-state index contributed by atoms with van der Waals surface area (Å²) in [6.45, 7) is 6.74. The minimum Gasteiger partial charge on any atom is -0.395 e. The van der Waals surface area contributed by atoms with Gasteiger partial charge in [-0.3, -0.25) is 9.69 Å². The van der Waals surface area contributed by atoms with Gasteiger partial charge < -0.3 is 30.4 Å². The average Bonchev–Trinajstić information content (AvgIpc) is 3.32. The number of piperazine rings is 1. The van der Waals surface area contributed by atoms with Crippen molar-refractivity contribution in [2.24, 2.45) is 0 Å². The van der Waals surface area contributed by atoms with Crippen molar-refractivity contribution >= 4 is 38.3 Å². The van der Waals surface area contributed by atoms with Crippen LogP contribution in [0, 0.1) is 6.92 Å². The number of aliphatic hydroxyl groups excluding tert-OH is 2. The molecule has 37 heavy (non-hydrogen) atoms. The van der Waals surface area contributed by atoms with Crippen molar-refractivity contribution < 1.29 is 10.2 Å². The first-order valence-electron chi connectivity index (χ1n) is 12.4. The molecule has 5 N–H and O–H groups in total. The van der Waals surface area contributed by atoms with Crippen LogP contribution in [0.25, 0.3) is 22.4 Å². The van der Waals surface area contributed by atoms with Gasteiger partial charge in [0.2, 0.25) is 0 Å². The molecule has 0 radical (unpaired) electrons. The van der Waals surface area contributed by atoms with Crippen LogP contribution in [-0.4, -0.2) is 75.9 Å². The van der Waals surface area contributed by atoms with Gasteiger partial charge in [-0.1, -0.05) is 28.1 Å². The number of rotatable bonds is 8. The number of fused-ring (bicyclic) bond motifs is 1. The molecule has 0 aliphatic carbocycles. The number of aromatic nitrogens is 3. The lowest BCUT2D eigenvalue weighted by atomic mass is 10.1. The van der Waals surface area contributed by atoms with E-state index in [-0.39, 0.29) is 18.7 Å². The minimum atomic E-state index is -0.747. The number of H-pyrrole nitrogens is 2. The third kappa shape index (κ3) is 5.57. The van der Waals surface area contributed by atoms with Gasteiger partial charge >= 0.3 is 0 Å². The molecule has 9 nitrogen and oxygen atoms in total. The molecule has 0 unspecified atom stereocenters. The monoisotopic (exact) mass is 566 g/mol. The lowest BCUT2D eigenvalue weighted by Crippen LogP contribution is -2.47. The van der Waals surface area contributed by atoms with Crippen LogP contribution in [0.2, 0.25) is 0 Å². The number of benzene rings is 2. The summed E-state index contributed by atoms with van der Waals surface area (Å²) in [4.78, 5) is 28.4. The maximum absolute atomic E-state index is 12.9. The molecule has 2 aromatic heterocycles. The smallest absolute Gasteiger partial charge is 0.261 e. The molecule has 3 heterocycles. The van der Waals surface area contributed by atoms with Crippen LogP contribution < -0.4 is 15.8 Å². The lowest BCUT2D eigenvalue weighted by molar-refractivity contribution is 0.189. The standard InChI is InChI=1S/C27H31BrN6O3/c1-17-13-20(34-9-7-33(8-10-34)11-12-35)15-22-25(17)32-26(31-22)24-21(5-6-29-27(24)37)30-16-23(36)18-3-2-4-19(28)14-18/h2-6,13-15,23,35-36H,7-12,16H2,1H3,(H,31,32)(H2,29,30,37)/t23-/m1/s1. The first-order chi connectivity index (χ1) is 17.9. The summed E-state index contributed by atoms with van der Waals surface area (Å²) in [7, 11) is 0. The zero-order valence-electron chi connectivity index (χ0n) is 20.7. The summed E-state index contributed by atoms with van der Waals surface area (Å²) >= 11 is 3.44. The fourth-order valence-electron chi connectivity index (χ4n) is 4.84. The van der Waals surface area contributed by atoms with Crippen LogP contribution in [0.1, 0.15) is 17.2 Å². The Labute approximate surface area is 223 Å². The SMILES string of the molecule is Cc1cc(N2CCN(CCO)CC2)cc2[nH]c(-c3c(NC[C@@H](O)c4cccc(Br)c4)cc[nH]c3=O)nc12. The number of nitrogens with zero attached hydrogens (tertiary/aromatic N) is 3. The molecule has 0 spiro atoms. The van der Waals surface area contributed by atoms with Crippen LogP contribution in [0.15, 0.2) is 57.9 Å². The van der Waals surface area contributed by atoms with Crippen molar-refractivity contribution in [3.8, 4) is 11.4 Å². The zero-order chi connectivity index (χ0) is 25.9. The highest BCUT2D eigenvalue weighted by Crippen LogP contribution is 2.30. The highest BCUT2D eigenvalue weighted by molar-refractivity contribution is 9.10. The first kappa shape index (κ1) is 25.5. The minimum absolute atomic E-state index is 0.181. The van der Waals surface area contributed by atoms with Gasteiger partial charge in [0.1, 0.15) is 11.4 Å². The van der Waals surface area contributed by atoms with E-state index in [0.717, 1.165) is 58.5 Å². The Bertz CT molecular complexity index is 1440. The molecule has 0 bridgehead atoms. The molecule has 5 rings (SSSR count). The topological polar surface area (TPSA) is 121 Å². The highest BCUT2D eigenvalue weighted by Gasteiger charge is 2.20. The summed E-state index contributed by atoms with van der Waals surface area (Å²) in [5.74, 6) is 0.476. The summed E-state index contributed by atoms with van der Waals surface area (Å²) in [6, 6.07) is 13.5. The van der Waals surface area contributed by atoms with Crippen LogP contribution >= 0.6 is 15.9 Å². The van der Waals surface area contributed by atoms with E-state index in [4.69, 9.17) is 4.98 Å². The summed E-state index contributed by atoms with van der Waals surface area (Å²) in [6.07, 6.45) is 0.838. The number of hydrogen-bond donors (Lipinski definition) is 5. The molecule has 1 atom stereocenters. The van der Waals surface area contributed by atoms with Crippen molar-refractivity contribution in [1.82, 2.24) is 19.9 Å². The van der Waals surface area contributed by atoms with Crippen LogP contribution in [0.4, 0.5) is 11.4 Å². The fraction of sp³-hybridized carbons (Fsp3) is 0.333. The highest BCUT2D eigenvalue weighted by atomic mass is 79.9. The summed E-state index contributed by atoms with van der Waals surface area (Å²) in [5.41, 5.74) is 5.33. The molecule has 0 saturated carbocycles. The van der Waals surface area contributed by atoms with Gasteiger partial charge in [0.25, 0.3) is 5.56 Å². The van der Waals surface area contributed by atoms with Crippen molar-refractivity contribution in [3.05, 3.63) is 74.6 Å². The van der Waals surface area contributed by atoms with Crippen molar-refractivity contribution in [3.63, 3.8) is 0 Å². The third-order valence-corrected chi connectivity index (χ3v) is 7.33. The Balaban J connectivity index is 1.40. The molecule has 1 aliphatic heterocycles. The number of imidazole rings is 1. The number of aromatic amines is 2. The first-order valence-corrected chi connectivity index (χ1v) is 13.2. The number of nitrogens with one attached hydrogen (secondary N) is 3. The quantitative estimate of drug-likeness (QED) is 0.222. The van der Waals surface area contributed by atoms with Gasteiger partial charge in [-0.25, -0.2) is 4.98 Å². The Morgan fingerprint density at radius 2 is 1.97 bits per heavy atom. The molecule has 4 aromatic rings. The van der Waals surface area contributed by atoms with Gasteiger partial charge in [-0.05, 0) is 48.4 Å². The number of anilines is 2. The Morgan fingerprint density at radius 3 is 2.73 bits per heavy atom. The van der Waals surface area contributed by atoms with E-state index < -0.39 is 6.10 Å². The molecular weight excluding hydrogens is 536 g/mol. The Kier molecular flexibility index (Phi) is 7.61. The van der Waals surface area contributed by atoms with E-state index in [0.29, 0.717) is 23.6 Å².